The highest BCUT2D eigenvalue weighted by atomic mass is 19.3. The van der Waals surface area contributed by atoms with Gasteiger partial charge >= 0.3 is 0 Å². The van der Waals surface area contributed by atoms with E-state index in [4.69, 9.17) is 15.6 Å². The van der Waals surface area contributed by atoms with Crippen molar-refractivity contribution < 1.29 is 23.0 Å². The molecule has 0 bridgehead atoms. The second-order valence-electron chi connectivity index (χ2n) is 4.44. The molecule has 2 aromatic heterocycles. The molecule has 2 aromatic rings. The van der Waals surface area contributed by atoms with E-state index in [9.17, 15) is 18.0 Å². The zero-order valence-electron chi connectivity index (χ0n) is 11.2. The molecule has 0 saturated carbocycles. The van der Waals surface area contributed by atoms with Crippen LogP contribution >= 0.6 is 0 Å². The molecule has 22 heavy (non-hydrogen) atoms. The summed E-state index contributed by atoms with van der Waals surface area (Å²) in [6.45, 7) is -2.15. The Kier molecular flexibility index (Phi) is 4.98. The number of halogens is 3. The molecule has 0 aliphatic carbocycles. The molecule has 122 valence electrons. The van der Waals surface area contributed by atoms with Gasteiger partial charge in [-0.05, 0) is 0 Å². The molecule has 1 saturated heterocycles. The standard InChI is InChI=1S/C10H12FN5O3.CH2F2/c11-4-1-6(19-5(4)2-17)16-3-13-7-8(16)14-10(12)15-9(7)18;2-1-3/h3-6,17H,1-2H2,(H3,12,14,15,18);1H2. The lowest BCUT2D eigenvalue weighted by Gasteiger charge is -2.13. The minimum absolute atomic E-state index is 0.0484. The van der Waals surface area contributed by atoms with Gasteiger partial charge in [0.1, 0.15) is 18.5 Å². The molecule has 3 unspecified atom stereocenters. The number of rotatable bonds is 2. The van der Waals surface area contributed by atoms with Crippen molar-refractivity contribution in [3.05, 3.63) is 16.7 Å². The van der Waals surface area contributed by atoms with Crippen LogP contribution in [-0.2, 0) is 4.74 Å². The molecule has 3 heterocycles. The van der Waals surface area contributed by atoms with E-state index in [1.54, 1.807) is 0 Å². The van der Waals surface area contributed by atoms with Crippen molar-refractivity contribution in [3.8, 4) is 0 Å². The SMILES string of the molecule is FCF.Nc1nc2c(ncn2C2CC(F)C(CO)O2)c(=O)[nH]1. The summed E-state index contributed by atoms with van der Waals surface area (Å²) in [7, 11) is 0. The number of anilines is 1. The van der Waals surface area contributed by atoms with Gasteiger partial charge in [0.05, 0.1) is 12.9 Å². The molecule has 1 aliphatic heterocycles. The van der Waals surface area contributed by atoms with E-state index in [0.717, 1.165) is 0 Å². The summed E-state index contributed by atoms with van der Waals surface area (Å²) in [6.07, 6.45) is -1.39. The number of imidazole rings is 1. The summed E-state index contributed by atoms with van der Waals surface area (Å²) in [6, 6.07) is 0. The van der Waals surface area contributed by atoms with Crippen molar-refractivity contribution in [3.63, 3.8) is 0 Å². The first-order valence-electron chi connectivity index (χ1n) is 6.26. The molecule has 0 amide bonds. The van der Waals surface area contributed by atoms with E-state index in [2.05, 4.69) is 15.0 Å². The number of aromatic nitrogens is 4. The summed E-state index contributed by atoms with van der Waals surface area (Å²) in [5.74, 6) is -0.0484. The van der Waals surface area contributed by atoms with E-state index < -0.39 is 37.6 Å². The minimum atomic E-state index is -1.75. The number of alkyl halides is 3. The summed E-state index contributed by atoms with van der Waals surface area (Å²) in [4.78, 5) is 21.8. The van der Waals surface area contributed by atoms with E-state index >= 15 is 0 Å². The van der Waals surface area contributed by atoms with Crippen LogP contribution in [-0.4, -0.2) is 50.4 Å². The Morgan fingerprint density at radius 3 is 2.82 bits per heavy atom. The van der Waals surface area contributed by atoms with Gasteiger partial charge in [0, 0.05) is 6.42 Å². The number of nitrogens with one attached hydrogen (secondary N) is 1. The first kappa shape index (κ1) is 16.2. The maximum absolute atomic E-state index is 13.6. The molecule has 11 heteroatoms. The second-order valence-corrected chi connectivity index (χ2v) is 4.44. The third-order valence-corrected chi connectivity index (χ3v) is 3.10. The second kappa shape index (κ2) is 6.75. The molecule has 0 radical (unpaired) electrons. The van der Waals surface area contributed by atoms with Crippen molar-refractivity contribution in [2.45, 2.75) is 24.9 Å². The summed E-state index contributed by atoms with van der Waals surface area (Å²) >= 11 is 0. The molecular weight excluding hydrogens is 307 g/mol. The smallest absolute Gasteiger partial charge is 0.280 e. The quantitative estimate of drug-likeness (QED) is 0.727. The number of nitrogen functional groups attached to an aromatic ring is 1. The lowest BCUT2D eigenvalue weighted by atomic mass is 10.2. The zero-order valence-corrected chi connectivity index (χ0v) is 11.2. The van der Waals surface area contributed by atoms with Gasteiger partial charge in [-0.2, -0.15) is 4.98 Å². The van der Waals surface area contributed by atoms with Crippen molar-refractivity contribution in [1.29, 1.82) is 0 Å². The monoisotopic (exact) mass is 321 g/mol. The van der Waals surface area contributed by atoms with E-state index in [1.165, 1.54) is 10.9 Å². The van der Waals surface area contributed by atoms with Gasteiger partial charge in [-0.15, -0.1) is 0 Å². The van der Waals surface area contributed by atoms with Crippen LogP contribution in [0.5, 0.6) is 0 Å². The van der Waals surface area contributed by atoms with Gasteiger partial charge in [-0.1, -0.05) is 0 Å². The first-order chi connectivity index (χ1) is 10.5. The zero-order chi connectivity index (χ0) is 16.3. The molecule has 3 atom stereocenters. The molecule has 0 aromatic carbocycles. The average Bonchev–Trinajstić information content (AvgIpc) is 3.02. The van der Waals surface area contributed by atoms with Gasteiger partial charge in [0.15, 0.2) is 11.2 Å². The van der Waals surface area contributed by atoms with Gasteiger partial charge in [0.25, 0.3) is 5.56 Å². The van der Waals surface area contributed by atoms with Crippen molar-refractivity contribution in [1.82, 2.24) is 19.5 Å². The highest BCUT2D eigenvalue weighted by Crippen LogP contribution is 2.31. The number of nitrogens with zero attached hydrogens (tertiary/aromatic N) is 3. The van der Waals surface area contributed by atoms with Crippen molar-refractivity contribution in [2.75, 3.05) is 19.3 Å². The van der Waals surface area contributed by atoms with Gasteiger partial charge < -0.3 is 15.6 Å². The van der Waals surface area contributed by atoms with Crippen molar-refractivity contribution in [2.24, 2.45) is 0 Å². The highest BCUT2D eigenvalue weighted by Gasteiger charge is 2.36. The maximum atomic E-state index is 13.6. The van der Waals surface area contributed by atoms with Crippen LogP contribution in [0.2, 0.25) is 0 Å². The van der Waals surface area contributed by atoms with Gasteiger partial charge in [-0.3, -0.25) is 14.3 Å². The molecule has 1 aliphatic rings. The average molecular weight is 321 g/mol. The number of hydrogen-bond donors (Lipinski definition) is 3. The largest absolute Gasteiger partial charge is 0.394 e. The van der Waals surface area contributed by atoms with Crippen molar-refractivity contribution >= 4 is 17.1 Å². The fraction of sp³-hybridized carbons (Fsp3) is 0.545. The predicted octanol–water partition coefficient (Wildman–Crippen LogP) is 0.203. The third-order valence-electron chi connectivity index (χ3n) is 3.10. The fourth-order valence-electron chi connectivity index (χ4n) is 2.18. The topological polar surface area (TPSA) is 119 Å². The lowest BCUT2D eigenvalue weighted by molar-refractivity contribution is -0.0323. The van der Waals surface area contributed by atoms with Crippen LogP contribution < -0.4 is 11.3 Å². The number of aliphatic hydroxyl groups excluding tert-OH is 1. The normalized spacial score (nSPS) is 24.3. The highest BCUT2D eigenvalue weighted by molar-refractivity contribution is 5.70. The van der Waals surface area contributed by atoms with Crippen LogP contribution in [0, 0.1) is 0 Å². The predicted molar refractivity (Wildman–Crippen MR) is 70.2 cm³/mol. The molecule has 4 N–H and O–H groups in total. The van der Waals surface area contributed by atoms with Crippen LogP contribution in [0.4, 0.5) is 19.1 Å². The molecule has 3 rings (SSSR count). The lowest BCUT2D eigenvalue weighted by Crippen LogP contribution is -2.21. The van der Waals surface area contributed by atoms with E-state index in [1.807, 2.05) is 0 Å². The summed E-state index contributed by atoms with van der Waals surface area (Å²) in [5.41, 5.74) is 5.35. The number of hydrogen-bond acceptors (Lipinski definition) is 6. The minimum Gasteiger partial charge on any atom is -0.394 e. The molecule has 1 fully saturated rings. The number of aromatic amines is 1. The van der Waals surface area contributed by atoms with Gasteiger partial charge in [-0.25, -0.2) is 18.2 Å². The Hall–Kier alpha value is -2.14. The first-order valence-corrected chi connectivity index (χ1v) is 6.26. The Morgan fingerprint density at radius 2 is 2.23 bits per heavy atom. The van der Waals surface area contributed by atoms with E-state index in [-0.39, 0.29) is 23.5 Å². The maximum Gasteiger partial charge on any atom is 0.280 e. The van der Waals surface area contributed by atoms with Crippen LogP contribution in [0.15, 0.2) is 11.1 Å². The van der Waals surface area contributed by atoms with Crippen LogP contribution in [0.25, 0.3) is 11.2 Å². The third kappa shape index (κ3) is 3.04. The Morgan fingerprint density at radius 1 is 1.55 bits per heavy atom. The number of nitrogens with two attached hydrogens (primary N) is 1. The van der Waals surface area contributed by atoms with Crippen LogP contribution in [0.3, 0.4) is 0 Å². The summed E-state index contributed by atoms with van der Waals surface area (Å²) < 4.78 is 39.6. The Bertz CT molecular complexity index is 691. The Balaban J connectivity index is 0.000000545. The number of H-pyrrole nitrogens is 1. The molecule has 8 nitrogen and oxygen atoms in total. The molecule has 0 spiro atoms. The van der Waals surface area contributed by atoms with Crippen LogP contribution in [0.1, 0.15) is 12.6 Å². The van der Waals surface area contributed by atoms with E-state index in [0.29, 0.717) is 0 Å². The number of fused-ring (bicyclic) bond motifs is 1. The van der Waals surface area contributed by atoms with Gasteiger partial charge in [0.2, 0.25) is 12.9 Å². The number of aliphatic hydroxyl groups is 1. The molecular formula is C11H14F3N5O3. The fourth-order valence-corrected chi connectivity index (χ4v) is 2.18. The summed E-state index contributed by atoms with van der Waals surface area (Å²) in [5, 5.41) is 8.97. The number of ether oxygens (including phenoxy) is 1. The Labute approximate surface area is 121 Å².